The summed E-state index contributed by atoms with van der Waals surface area (Å²) < 4.78 is 33.1. The van der Waals surface area contributed by atoms with Gasteiger partial charge >= 0.3 is 13.5 Å². The summed E-state index contributed by atoms with van der Waals surface area (Å²) in [7, 11) is -3.85. The van der Waals surface area contributed by atoms with Crippen LogP contribution in [0.3, 0.4) is 0 Å². The van der Waals surface area contributed by atoms with Gasteiger partial charge in [-0.2, -0.15) is 0 Å². The molecule has 0 spiro atoms. The highest BCUT2D eigenvalue weighted by atomic mass is 35.5. The van der Waals surface area contributed by atoms with E-state index in [-0.39, 0.29) is 6.61 Å². The predicted octanol–water partition coefficient (Wildman–Crippen LogP) is 1.56. The number of hydrogen-bond donors (Lipinski definition) is 1. The summed E-state index contributed by atoms with van der Waals surface area (Å²) in [6.45, 7) is 3.20. The number of phosphoric ester groups is 1. The van der Waals surface area contributed by atoms with Gasteiger partial charge < -0.3 is 4.74 Å². The number of nitrogens with zero attached hydrogens (tertiary/aromatic N) is 1. The van der Waals surface area contributed by atoms with Gasteiger partial charge in [-0.1, -0.05) is 23.2 Å². The number of hydrogen-bond acceptors (Lipinski definition) is 7. The molecule has 1 aromatic rings. The molecule has 1 aromatic heterocycles. The van der Waals surface area contributed by atoms with Crippen molar-refractivity contribution in [1.29, 1.82) is 0 Å². The molecule has 4 atom stereocenters. The van der Waals surface area contributed by atoms with Crippen molar-refractivity contribution >= 4 is 31.0 Å². The molecular formula is C12H15Cl2N2O7P. The van der Waals surface area contributed by atoms with Crippen LogP contribution in [0.1, 0.15) is 20.1 Å². The van der Waals surface area contributed by atoms with Crippen molar-refractivity contribution in [2.24, 2.45) is 0 Å². The molecule has 2 aliphatic rings. The molecule has 9 nitrogen and oxygen atoms in total. The van der Waals surface area contributed by atoms with Crippen LogP contribution in [0.5, 0.6) is 0 Å². The van der Waals surface area contributed by atoms with Crippen LogP contribution in [-0.4, -0.2) is 38.8 Å². The van der Waals surface area contributed by atoms with E-state index in [1.807, 2.05) is 0 Å². The Morgan fingerprint density at radius 1 is 1.46 bits per heavy atom. The zero-order valence-corrected chi connectivity index (χ0v) is 15.1. The fraction of sp³-hybridized carbons (Fsp3) is 0.667. The van der Waals surface area contributed by atoms with E-state index in [9.17, 15) is 14.2 Å². The van der Waals surface area contributed by atoms with Gasteiger partial charge in [0.1, 0.15) is 12.2 Å². The molecule has 3 heterocycles. The van der Waals surface area contributed by atoms with Gasteiger partial charge in [0.25, 0.3) is 5.56 Å². The Morgan fingerprint density at radius 3 is 2.79 bits per heavy atom. The Hall–Kier alpha value is -0.670. The number of alkyl halides is 2. The summed E-state index contributed by atoms with van der Waals surface area (Å²) >= 11 is 12.7. The third-order valence-electron chi connectivity index (χ3n) is 3.43. The Kier molecular flexibility index (Phi) is 4.72. The maximum Gasteiger partial charge on any atom is 0.475 e. The van der Waals surface area contributed by atoms with Gasteiger partial charge in [-0.05, 0) is 13.8 Å². The molecule has 0 radical (unpaired) electrons. The second kappa shape index (κ2) is 6.25. The van der Waals surface area contributed by atoms with Crippen LogP contribution >= 0.6 is 31.0 Å². The number of aromatic nitrogens is 2. The lowest BCUT2D eigenvalue weighted by Gasteiger charge is -2.33. The molecule has 3 rings (SSSR count). The van der Waals surface area contributed by atoms with Crippen LogP contribution in [0, 0.1) is 0 Å². The Labute approximate surface area is 146 Å². The highest BCUT2D eigenvalue weighted by Crippen LogP contribution is 2.61. The zero-order chi connectivity index (χ0) is 17.7. The van der Waals surface area contributed by atoms with Crippen LogP contribution in [0.25, 0.3) is 0 Å². The first-order valence-corrected chi connectivity index (χ1v) is 9.30. The van der Waals surface area contributed by atoms with Crippen molar-refractivity contribution in [3.05, 3.63) is 33.1 Å². The second-order valence-corrected chi connectivity index (χ2v) is 8.66. The average molecular weight is 401 g/mol. The number of ether oxygens (including phenoxy) is 1. The summed E-state index contributed by atoms with van der Waals surface area (Å²) in [6, 6.07) is 1.13. The lowest BCUT2D eigenvalue weighted by Crippen LogP contribution is -2.44. The summed E-state index contributed by atoms with van der Waals surface area (Å²) in [5.41, 5.74) is -1.32. The monoisotopic (exact) mass is 400 g/mol. The van der Waals surface area contributed by atoms with Gasteiger partial charge in [0.2, 0.25) is 0 Å². The van der Waals surface area contributed by atoms with Gasteiger partial charge in [0.15, 0.2) is 10.6 Å². The topological polar surface area (TPSA) is 109 Å². The van der Waals surface area contributed by atoms with Crippen molar-refractivity contribution in [3.63, 3.8) is 0 Å². The van der Waals surface area contributed by atoms with Crippen LogP contribution in [-0.2, 0) is 22.9 Å². The van der Waals surface area contributed by atoms with Gasteiger partial charge in [-0.15, -0.1) is 0 Å². The second-order valence-electron chi connectivity index (χ2n) is 5.64. The standard InChI is InChI=1S/C12H15Cl2N2O7P/c1-6(2)22-24(19)20-5-7-9(23-24)12(13,14)10(21-7)16-4-3-8(17)15-11(16)18/h3-4,6-7,9-10H,5H2,1-2H3,(H,15,17,18)/t7-,9-,10-,24-/m1/s1. The minimum absolute atomic E-state index is 0.134. The zero-order valence-electron chi connectivity index (χ0n) is 12.7. The number of nitrogens with one attached hydrogen (secondary N) is 1. The number of phosphoric acid groups is 1. The van der Waals surface area contributed by atoms with Crippen molar-refractivity contribution in [3.8, 4) is 0 Å². The minimum Gasteiger partial charge on any atom is -0.346 e. The van der Waals surface area contributed by atoms with E-state index in [2.05, 4.69) is 4.98 Å². The van der Waals surface area contributed by atoms with Crippen molar-refractivity contribution < 1.29 is 22.9 Å². The molecule has 0 saturated carbocycles. The van der Waals surface area contributed by atoms with Crippen molar-refractivity contribution in [2.75, 3.05) is 6.61 Å². The van der Waals surface area contributed by atoms with Crippen molar-refractivity contribution in [2.45, 2.75) is 42.7 Å². The van der Waals surface area contributed by atoms with Crippen LogP contribution in [0.2, 0.25) is 0 Å². The molecule has 134 valence electrons. The Morgan fingerprint density at radius 2 is 2.17 bits per heavy atom. The molecule has 0 bridgehead atoms. The SMILES string of the molecule is CC(C)O[P@@]1(=O)OC[C@H]2O[C@@H](n3ccc(=O)[nH]c3=O)C(Cl)(Cl)[C@@H]2O1. The van der Waals surface area contributed by atoms with E-state index in [1.54, 1.807) is 13.8 Å². The quantitative estimate of drug-likeness (QED) is 0.605. The molecule has 2 aliphatic heterocycles. The van der Waals surface area contributed by atoms with E-state index >= 15 is 0 Å². The van der Waals surface area contributed by atoms with Gasteiger partial charge in [-0.25, -0.2) is 9.36 Å². The number of H-pyrrole nitrogens is 1. The smallest absolute Gasteiger partial charge is 0.346 e. The normalized spacial score (nSPS) is 35.1. The lowest BCUT2D eigenvalue weighted by atomic mass is 10.2. The van der Waals surface area contributed by atoms with Crippen LogP contribution in [0.4, 0.5) is 0 Å². The Bertz CT molecular complexity index is 792. The van der Waals surface area contributed by atoms with E-state index in [1.165, 1.54) is 6.20 Å². The first-order chi connectivity index (χ1) is 11.1. The van der Waals surface area contributed by atoms with E-state index < -0.39 is 47.9 Å². The first-order valence-electron chi connectivity index (χ1n) is 7.08. The van der Waals surface area contributed by atoms with Gasteiger partial charge in [0, 0.05) is 12.3 Å². The highest BCUT2D eigenvalue weighted by molar-refractivity contribution is 7.48. The lowest BCUT2D eigenvalue weighted by molar-refractivity contribution is -0.0748. The molecule has 2 fully saturated rings. The molecular weight excluding hydrogens is 386 g/mol. The van der Waals surface area contributed by atoms with E-state index in [0.29, 0.717) is 0 Å². The molecule has 0 aromatic carbocycles. The van der Waals surface area contributed by atoms with E-state index in [0.717, 1.165) is 10.6 Å². The molecule has 24 heavy (non-hydrogen) atoms. The third kappa shape index (κ3) is 3.22. The maximum absolute atomic E-state index is 12.5. The number of halogens is 2. The summed E-state index contributed by atoms with van der Waals surface area (Å²) in [5, 5.41) is 0. The fourth-order valence-corrected chi connectivity index (χ4v) is 4.90. The fourth-order valence-electron chi connectivity index (χ4n) is 2.49. The van der Waals surface area contributed by atoms with Crippen LogP contribution in [0.15, 0.2) is 21.9 Å². The molecule has 0 unspecified atom stereocenters. The van der Waals surface area contributed by atoms with Gasteiger partial charge in [-0.3, -0.25) is 27.9 Å². The summed E-state index contributed by atoms with van der Waals surface area (Å²) in [5.74, 6) is 0. The number of fused-ring (bicyclic) bond motifs is 1. The number of aromatic amines is 1. The summed E-state index contributed by atoms with van der Waals surface area (Å²) in [6.07, 6.45) is -2.19. The highest BCUT2D eigenvalue weighted by Gasteiger charge is 2.62. The molecule has 12 heteroatoms. The average Bonchev–Trinajstić information content (AvgIpc) is 2.69. The molecule has 1 N–H and O–H groups in total. The first kappa shape index (κ1) is 18.1. The molecule has 0 amide bonds. The third-order valence-corrected chi connectivity index (χ3v) is 5.87. The predicted molar refractivity (Wildman–Crippen MR) is 84.3 cm³/mol. The van der Waals surface area contributed by atoms with E-state index in [4.69, 9.17) is 41.5 Å². The molecule has 2 saturated heterocycles. The summed E-state index contributed by atoms with van der Waals surface area (Å²) in [4.78, 5) is 25.2. The van der Waals surface area contributed by atoms with Crippen LogP contribution < -0.4 is 11.2 Å². The largest absolute Gasteiger partial charge is 0.475 e. The number of rotatable bonds is 3. The van der Waals surface area contributed by atoms with Crippen molar-refractivity contribution in [1.82, 2.24) is 9.55 Å². The van der Waals surface area contributed by atoms with Gasteiger partial charge in [0.05, 0.1) is 12.7 Å². The maximum atomic E-state index is 12.5. The Balaban J connectivity index is 1.91. The molecule has 0 aliphatic carbocycles. The minimum atomic E-state index is -3.85.